The van der Waals surface area contributed by atoms with Crippen molar-refractivity contribution in [3.63, 3.8) is 0 Å². The summed E-state index contributed by atoms with van der Waals surface area (Å²) >= 11 is 5.98. The van der Waals surface area contributed by atoms with Crippen molar-refractivity contribution in [2.45, 2.75) is 45.2 Å². The van der Waals surface area contributed by atoms with Crippen LogP contribution in [0.5, 0.6) is 0 Å². The van der Waals surface area contributed by atoms with Crippen molar-refractivity contribution in [1.82, 2.24) is 15.5 Å². The molecule has 0 spiro atoms. The van der Waals surface area contributed by atoms with Crippen LogP contribution in [-0.4, -0.2) is 36.3 Å². The Labute approximate surface area is 190 Å². The number of hydrogen-bond donors (Lipinski definition) is 2. The lowest BCUT2D eigenvalue weighted by Crippen LogP contribution is -2.42. The second kappa shape index (κ2) is 11.3. The van der Waals surface area contributed by atoms with Gasteiger partial charge < -0.3 is 10.6 Å². The number of nitrogens with zero attached hydrogens (tertiary/aromatic N) is 1. The van der Waals surface area contributed by atoms with Crippen LogP contribution in [-0.2, 0) is 9.59 Å². The van der Waals surface area contributed by atoms with Crippen LogP contribution >= 0.6 is 11.6 Å². The van der Waals surface area contributed by atoms with E-state index in [1.165, 1.54) is 25.3 Å². The fourth-order valence-electron chi connectivity index (χ4n) is 4.13. The van der Waals surface area contributed by atoms with Gasteiger partial charge in [-0.05, 0) is 55.1 Å². The van der Waals surface area contributed by atoms with Crippen molar-refractivity contribution < 1.29 is 9.59 Å². The third kappa shape index (κ3) is 7.08. The van der Waals surface area contributed by atoms with Gasteiger partial charge in [-0.3, -0.25) is 14.5 Å². The molecule has 0 saturated carbocycles. The minimum atomic E-state index is -0.388. The number of halogens is 1. The third-order valence-corrected chi connectivity index (χ3v) is 6.23. The van der Waals surface area contributed by atoms with Crippen LogP contribution in [0.3, 0.4) is 0 Å². The quantitative estimate of drug-likeness (QED) is 0.634. The van der Waals surface area contributed by atoms with Gasteiger partial charge in [0.2, 0.25) is 11.8 Å². The number of hydrogen-bond acceptors (Lipinski definition) is 3. The molecule has 2 amide bonds. The molecule has 166 valence electrons. The van der Waals surface area contributed by atoms with E-state index in [4.69, 9.17) is 11.6 Å². The lowest BCUT2D eigenvalue weighted by molar-refractivity contribution is -0.123. The molecular formula is C25H32ClN3O2. The Bertz CT molecular complexity index is 849. The van der Waals surface area contributed by atoms with E-state index in [1.807, 2.05) is 30.3 Å². The maximum absolute atomic E-state index is 12.8. The van der Waals surface area contributed by atoms with Crippen molar-refractivity contribution in [2.75, 3.05) is 19.6 Å². The molecule has 0 aromatic heterocycles. The van der Waals surface area contributed by atoms with E-state index in [-0.39, 0.29) is 30.3 Å². The van der Waals surface area contributed by atoms with Crippen molar-refractivity contribution >= 4 is 23.4 Å². The van der Waals surface area contributed by atoms with Crippen LogP contribution in [0.2, 0.25) is 5.02 Å². The Morgan fingerprint density at radius 2 is 1.68 bits per heavy atom. The van der Waals surface area contributed by atoms with Gasteiger partial charge in [0.05, 0.1) is 18.5 Å². The van der Waals surface area contributed by atoms with Crippen LogP contribution < -0.4 is 10.6 Å². The molecule has 2 aromatic carbocycles. The number of carbonyl (C=O) groups excluding carboxylic acids is 2. The fourth-order valence-corrected chi connectivity index (χ4v) is 4.26. The van der Waals surface area contributed by atoms with Gasteiger partial charge in [-0.15, -0.1) is 0 Å². The summed E-state index contributed by atoms with van der Waals surface area (Å²) in [6, 6.07) is 17.4. The minimum absolute atomic E-state index is 0.0833. The standard InChI is InChI=1S/C25H32ClN3O2/c1-18-12-14-29(15-13-18)24(21-6-4-3-5-7-21)17-27-25(31)16-23(28-19(2)30)20-8-10-22(26)11-9-20/h3-11,18,23-24H,12-17H2,1-2H3,(H,27,31)(H,28,30). The zero-order valence-corrected chi connectivity index (χ0v) is 19.1. The molecule has 1 heterocycles. The summed E-state index contributed by atoms with van der Waals surface area (Å²) in [4.78, 5) is 27.0. The SMILES string of the molecule is CC(=O)NC(CC(=O)NCC(c1ccccc1)N1CCC(C)CC1)c1ccc(Cl)cc1. The van der Waals surface area contributed by atoms with Crippen LogP contribution in [0.4, 0.5) is 0 Å². The Hall–Kier alpha value is -2.37. The van der Waals surface area contributed by atoms with Gasteiger partial charge in [0.15, 0.2) is 0 Å². The molecule has 2 aromatic rings. The van der Waals surface area contributed by atoms with Crippen molar-refractivity contribution in [1.29, 1.82) is 0 Å². The topological polar surface area (TPSA) is 61.4 Å². The molecule has 0 radical (unpaired) electrons. The lowest BCUT2D eigenvalue weighted by atomic mass is 9.95. The van der Waals surface area contributed by atoms with Crippen LogP contribution in [0.1, 0.15) is 56.3 Å². The van der Waals surface area contributed by atoms with Crippen LogP contribution in [0.25, 0.3) is 0 Å². The molecule has 6 heteroatoms. The summed E-state index contributed by atoms with van der Waals surface area (Å²) in [7, 11) is 0. The first-order valence-electron chi connectivity index (χ1n) is 11.0. The minimum Gasteiger partial charge on any atom is -0.354 e. The monoisotopic (exact) mass is 441 g/mol. The third-order valence-electron chi connectivity index (χ3n) is 5.98. The Morgan fingerprint density at radius 1 is 1.03 bits per heavy atom. The van der Waals surface area contributed by atoms with Gasteiger partial charge in [0, 0.05) is 18.5 Å². The average Bonchev–Trinajstić information content (AvgIpc) is 2.75. The molecule has 1 saturated heterocycles. The van der Waals surface area contributed by atoms with Gasteiger partial charge in [-0.25, -0.2) is 0 Å². The Balaban J connectivity index is 1.66. The highest BCUT2D eigenvalue weighted by atomic mass is 35.5. The summed E-state index contributed by atoms with van der Waals surface area (Å²) in [5.41, 5.74) is 2.08. The summed E-state index contributed by atoms with van der Waals surface area (Å²) in [5.74, 6) is 0.498. The van der Waals surface area contributed by atoms with Gasteiger partial charge in [0.25, 0.3) is 0 Å². The zero-order chi connectivity index (χ0) is 22.2. The number of benzene rings is 2. The highest BCUT2D eigenvalue weighted by Gasteiger charge is 2.25. The molecule has 2 N–H and O–H groups in total. The predicted molar refractivity (Wildman–Crippen MR) is 125 cm³/mol. The lowest BCUT2D eigenvalue weighted by Gasteiger charge is -2.37. The molecule has 1 fully saturated rings. The van der Waals surface area contributed by atoms with Gasteiger partial charge in [-0.2, -0.15) is 0 Å². The van der Waals surface area contributed by atoms with E-state index in [2.05, 4.69) is 34.6 Å². The summed E-state index contributed by atoms with van der Waals surface area (Å²) in [6.45, 7) is 6.38. The number of rotatable bonds is 8. The Morgan fingerprint density at radius 3 is 2.29 bits per heavy atom. The average molecular weight is 442 g/mol. The van der Waals surface area contributed by atoms with Crippen molar-refractivity contribution in [3.8, 4) is 0 Å². The summed E-state index contributed by atoms with van der Waals surface area (Å²) in [5, 5.41) is 6.62. The Kier molecular flexibility index (Phi) is 8.50. The number of carbonyl (C=O) groups is 2. The van der Waals surface area contributed by atoms with Crippen molar-refractivity contribution in [3.05, 3.63) is 70.7 Å². The molecule has 2 atom stereocenters. The van der Waals surface area contributed by atoms with E-state index in [9.17, 15) is 9.59 Å². The molecule has 2 unspecified atom stereocenters. The number of amides is 2. The molecule has 0 aliphatic carbocycles. The maximum Gasteiger partial charge on any atom is 0.222 e. The second-order valence-electron chi connectivity index (χ2n) is 8.46. The van der Waals surface area contributed by atoms with Gasteiger partial charge in [-0.1, -0.05) is 61.0 Å². The van der Waals surface area contributed by atoms with Gasteiger partial charge in [0.1, 0.15) is 0 Å². The first kappa shape index (κ1) is 23.3. The fraction of sp³-hybridized carbons (Fsp3) is 0.440. The van der Waals surface area contributed by atoms with E-state index in [0.29, 0.717) is 11.6 Å². The van der Waals surface area contributed by atoms with E-state index in [1.54, 1.807) is 12.1 Å². The van der Waals surface area contributed by atoms with E-state index in [0.717, 1.165) is 24.6 Å². The summed E-state index contributed by atoms with van der Waals surface area (Å²) < 4.78 is 0. The van der Waals surface area contributed by atoms with E-state index < -0.39 is 0 Å². The molecule has 1 aliphatic rings. The number of nitrogens with one attached hydrogen (secondary N) is 2. The molecule has 5 nitrogen and oxygen atoms in total. The number of piperidine rings is 1. The molecular weight excluding hydrogens is 410 g/mol. The zero-order valence-electron chi connectivity index (χ0n) is 18.3. The maximum atomic E-state index is 12.8. The summed E-state index contributed by atoms with van der Waals surface area (Å²) in [6.07, 6.45) is 2.54. The van der Waals surface area contributed by atoms with Crippen LogP contribution in [0.15, 0.2) is 54.6 Å². The number of likely N-dealkylation sites (tertiary alicyclic amines) is 1. The van der Waals surface area contributed by atoms with Crippen LogP contribution in [0, 0.1) is 5.92 Å². The van der Waals surface area contributed by atoms with Crippen molar-refractivity contribution in [2.24, 2.45) is 5.92 Å². The molecule has 0 bridgehead atoms. The first-order valence-corrected chi connectivity index (χ1v) is 11.4. The van der Waals surface area contributed by atoms with Gasteiger partial charge >= 0.3 is 0 Å². The highest BCUT2D eigenvalue weighted by molar-refractivity contribution is 6.30. The van der Waals surface area contributed by atoms with E-state index >= 15 is 0 Å². The first-order chi connectivity index (χ1) is 14.9. The second-order valence-corrected chi connectivity index (χ2v) is 8.89. The molecule has 31 heavy (non-hydrogen) atoms. The molecule has 1 aliphatic heterocycles. The predicted octanol–water partition coefficient (Wildman–Crippen LogP) is 4.50. The normalized spacial score (nSPS) is 17.0. The smallest absolute Gasteiger partial charge is 0.222 e. The largest absolute Gasteiger partial charge is 0.354 e. The molecule has 3 rings (SSSR count). The highest BCUT2D eigenvalue weighted by Crippen LogP contribution is 2.26.